The summed E-state index contributed by atoms with van der Waals surface area (Å²) in [6.45, 7) is 3.72. The number of fused-ring (bicyclic) bond motifs is 1. The molecule has 5 heteroatoms. The van der Waals surface area contributed by atoms with Crippen LogP contribution in [0.2, 0.25) is 0 Å². The summed E-state index contributed by atoms with van der Waals surface area (Å²) < 4.78 is 41.2. The van der Waals surface area contributed by atoms with Gasteiger partial charge in [-0.3, -0.25) is 0 Å². The van der Waals surface area contributed by atoms with Crippen molar-refractivity contribution in [3.8, 4) is 11.3 Å². The summed E-state index contributed by atoms with van der Waals surface area (Å²) in [7, 11) is 0. The van der Waals surface area contributed by atoms with Gasteiger partial charge in [-0.25, -0.2) is 4.98 Å². The van der Waals surface area contributed by atoms with Crippen molar-refractivity contribution >= 4 is 16.6 Å². The molecule has 1 fully saturated rings. The summed E-state index contributed by atoms with van der Waals surface area (Å²) >= 11 is 0. The van der Waals surface area contributed by atoms with Gasteiger partial charge in [0.1, 0.15) is 0 Å². The Kier molecular flexibility index (Phi) is 4.10. The van der Waals surface area contributed by atoms with Crippen molar-refractivity contribution < 1.29 is 13.2 Å². The van der Waals surface area contributed by atoms with Crippen molar-refractivity contribution in [2.75, 3.05) is 18.0 Å². The van der Waals surface area contributed by atoms with Crippen molar-refractivity contribution in [2.24, 2.45) is 0 Å². The van der Waals surface area contributed by atoms with Gasteiger partial charge < -0.3 is 4.90 Å². The van der Waals surface area contributed by atoms with Crippen LogP contribution in [0.25, 0.3) is 22.2 Å². The number of hydrogen-bond donors (Lipinski definition) is 0. The lowest BCUT2D eigenvalue weighted by Gasteiger charge is -2.19. The van der Waals surface area contributed by atoms with E-state index in [0.29, 0.717) is 16.8 Å². The topological polar surface area (TPSA) is 16.1 Å². The molecule has 134 valence electrons. The Hall–Kier alpha value is -2.56. The van der Waals surface area contributed by atoms with Crippen molar-refractivity contribution in [2.45, 2.75) is 25.9 Å². The SMILES string of the molecule is Cc1ccc(-c2cc(C(F)(F)F)c3cc(N4CCCC4)ccc3n2)cc1. The van der Waals surface area contributed by atoms with Crippen LogP contribution in [0.4, 0.5) is 18.9 Å². The van der Waals surface area contributed by atoms with E-state index < -0.39 is 11.7 Å². The van der Waals surface area contributed by atoms with E-state index in [4.69, 9.17) is 0 Å². The molecule has 1 aliphatic rings. The molecule has 0 N–H and O–H groups in total. The molecule has 0 bridgehead atoms. The van der Waals surface area contributed by atoms with E-state index in [1.165, 1.54) is 6.07 Å². The minimum atomic E-state index is -4.43. The predicted molar refractivity (Wildman–Crippen MR) is 98.4 cm³/mol. The van der Waals surface area contributed by atoms with Crippen molar-refractivity contribution in [3.63, 3.8) is 0 Å². The van der Waals surface area contributed by atoms with Crippen LogP contribution in [0.5, 0.6) is 0 Å². The number of benzene rings is 2. The van der Waals surface area contributed by atoms with Crippen LogP contribution in [0.3, 0.4) is 0 Å². The molecular formula is C21H19F3N2. The normalized spacial score (nSPS) is 15.0. The van der Waals surface area contributed by atoms with E-state index in [1.807, 2.05) is 37.3 Å². The zero-order chi connectivity index (χ0) is 18.3. The van der Waals surface area contributed by atoms with Gasteiger partial charge in [-0.2, -0.15) is 13.2 Å². The summed E-state index contributed by atoms with van der Waals surface area (Å²) in [5, 5.41) is 0.165. The van der Waals surface area contributed by atoms with Crippen LogP contribution in [0.15, 0.2) is 48.5 Å². The first-order valence-corrected chi connectivity index (χ1v) is 8.76. The van der Waals surface area contributed by atoms with E-state index in [9.17, 15) is 13.2 Å². The molecule has 4 rings (SSSR count). The molecule has 2 nitrogen and oxygen atoms in total. The molecule has 1 aromatic heterocycles. The first kappa shape index (κ1) is 16.9. The molecule has 1 saturated heterocycles. The molecule has 1 aliphatic heterocycles. The number of hydrogen-bond acceptors (Lipinski definition) is 2. The molecule has 0 atom stereocenters. The summed E-state index contributed by atoms with van der Waals surface area (Å²) in [6, 6.07) is 13.8. The predicted octanol–water partition coefficient (Wildman–Crippen LogP) is 5.83. The largest absolute Gasteiger partial charge is 0.417 e. The Bertz CT molecular complexity index is 940. The lowest BCUT2D eigenvalue weighted by Crippen LogP contribution is -2.17. The molecule has 2 aromatic carbocycles. The number of halogens is 3. The second-order valence-corrected chi connectivity index (χ2v) is 6.81. The average Bonchev–Trinajstić information content (AvgIpc) is 3.15. The zero-order valence-electron chi connectivity index (χ0n) is 14.5. The molecule has 0 aliphatic carbocycles. The van der Waals surface area contributed by atoms with Gasteiger partial charge in [0.15, 0.2) is 0 Å². The molecule has 0 saturated carbocycles. The Balaban J connectivity index is 1.89. The molecule has 0 radical (unpaired) electrons. The number of rotatable bonds is 2. The highest BCUT2D eigenvalue weighted by Gasteiger charge is 2.34. The van der Waals surface area contributed by atoms with Crippen molar-refractivity contribution in [3.05, 3.63) is 59.7 Å². The number of anilines is 1. The monoisotopic (exact) mass is 356 g/mol. The summed E-state index contributed by atoms with van der Waals surface area (Å²) in [6.07, 6.45) is -2.27. The van der Waals surface area contributed by atoms with E-state index in [1.54, 1.807) is 12.1 Å². The lowest BCUT2D eigenvalue weighted by molar-refractivity contribution is -0.136. The Labute approximate surface area is 150 Å². The third-order valence-electron chi connectivity index (χ3n) is 4.92. The highest BCUT2D eigenvalue weighted by Crippen LogP contribution is 2.38. The Morgan fingerprint density at radius 1 is 0.923 bits per heavy atom. The van der Waals surface area contributed by atoms with Crippen LogP contribution in [-0.4, -0.2) is 18.1 Å². The Morgan fingerprint density at radius 3 is 2.27 bits per heavy atom. The van der Waals surface area contributed by atoms with Gasteiger partial charge in [0, 0.05) is 29.7 Å². The summed E-state index contributed by atoms with van der Waals surface area (Å²) in [5.41, 5.74) is 2.68. The number of pyridine rings is 1. The van der Waals surface area contributed by atoms with Gasteiger partial charge in [-0.1, -0.05) is 29.8 Å². The standard InChI is InChI=1S/C21H19F3N2/c1-14-4-6-15(7-5-14)20-13-18(21(22,23)24)17-12-16(8-9-19(17)25-20)26-10-2-3-11-26/h4-9,12-13H,2-3,10-11H2,1H3. The lowest BCUT2D eigenvalue weighted by atomic mass is 10.0. The van der Waals surface area contributed by atoms with Crippen molar-refractivity contribution in [1.29, 1.82) is 0 Å². The van der Waals surface area contributed by atoms with Gasteiger partial charge in [0.05, 0.1) is 16.8 Å². The fourth-order valence-electron chi connectivity index (χ4n) is 3.49. The quantitative estimate of drug-likeness (QED) is 0.574. The van der Waals surface area contributed by atoms with Crippen molar-refractivity contribution in [1.82, 2.24) is 4.98 Å². The minimum Gasteiger partial charge on any atom is -0.372 e. The fraction of sp³-hybridized carbons (Fsp3) is 0.286. The van der Waals surface area contributed by atoms with Crippen LogP contribution < -0.4 is 4.90 Å². The van der Waals surface area contributed by atoms with Crippen LogP contribution >= 0.6 is 0 Å². The minimum absolute atomic E-state index is 0.165. The molecule has 3 aromatic rings. The fourth-order valence-corrected chi connectivity index (χ4v) is 3.49. The van der Waals surface area contributed by atoms with Gasteiger partial charge >= 0.3 is 6.18 Å². The van der Waals surface area contributed by atoms with Gasteiger partial charge in [0.2, 0.25) is 0 Å². The first-order valence-electron chi connectivity index (χ1n) is 8.76. The van der Waals surface area contributed by atoms with Crippen LogP contribution in [0, 0.1) is 6.92 Å². The number of aromatic nitrogens is 1. The second-order valence-electron chi connectivity index (χ2n) is 6.81. The van der Waals surface area contributed by atoms with Gasteiger partial charge in [-0.05, 0) is 44.0 Å². The third-order valence-corrected chi connectivity index (χ3v) is 4.92. The summed E-state index contributed by atoms with van der Waals surface area (Å²) in [4.78, 5) is 6.63. The maximum absolute atomic E-state index is 13.7. The zero-order valence-corrected chi connectivity index (χ0v) is 14.5. The van der Waals surface area contributed by atoms with E-state index >= 15 is 0 Å². The number of nitrogens with zero attached hydrogens (tertiary/aromatic N) is 2. The molecule has 26 heavy (non-hydrogen) atoms. The molecule has 0 unspecified atom stereocenters. The number of alkyl halides is 3. The maximum Gasteiger partial charge on any atom is 0.417 e. The molecule has 2 heterocycles. The highest BCUT2D eigenvalue weighted by molar-refractivity contribution is 5.88. The van der Waals surface area contributed by atoms with Gasteiger partial charge in [0.25, 0.3) is 0 Å². The van der Waals surface area contributed by atoms with Crippen LogP contribution in [-0.2, 0) is 6.18 Å². The first-order chi connectivity index (χ1) is 12.4. The molecular weight excluding hydrogens is 337 g/mol. The average molecular weight is 356 g/mol. The highest BCUT2D eigenvalue weighted by atomic mass is 19.4. The molecule has 0 spiro atoms. The third kappa shape index (κ3) is 3.14. The van der Waals surface area contributed by atoms with E-state index in [0.717, 1.165) is 37.2 Å². The van der Waals surface area contributed by atoms with E-state index in [-0.39, 0.29) is 5.39 Å². The van der Waals surface area contributed by atoms with E-state index in [2.05, 4.69) is 9.88 Å². The summed E-state index contributed by atoms with van der Waals surface area (Å²) in [5.74, 6) is 0. The number of aryl methyl sites for hydroxylation is 1. The maximum atomic E-state index is 13.7. The van der Waals surface area contributed by atoms with Gasteiger partial charge in [-0.15, -0.1) is 0 Å². The second kappa shape index (κ2) is 6.31. The smallest absolute Gasteiger partial charge is 0.372 e. The molecule has 0 amide bonds. The Morgan fingerprint density at radius 2 is 1.62 bits per heavy atom. The van der Waals surface area contributed by atoms with Crippen LogP contribution in [0.1, 0.15) is 24.0 Å².